The van der Waals surface area contributed by atoms with Crippen molar-refractivity contribution in [2.75, 3.05) is 20.2 Å². The fourth-order valence-electron chi connectivity index (χ4n) is 3.13. The number of nitrogens with zero attached hydrogens (tertiary/aromatic N) is 1. The van der Waals surface area contributed by atoms with Crippen LogP contribution in [-0.4, -0.2) is 37.0 Å². The Bertz CT molecular complexity index is 547. The van der Waals surface area contributed by atoms with Crippen LogP contribution in [0.25, 0.3) is 0 Å². The molecule has 0 aromatic heterocycles. The van der Waals surface area contributed by atoms with E-state index in [4.69, 9.17) is 4.74 Å². The Balaban J connectivity index is 2.01. The van der Waals surface area contributed by atoms with Crippen molar-refractivity contribution in [3.05, 3.63) is 35.4 Å². The smallest absolute Gasteiger partial charge is 0.309 e. The first-order chi connectivity index (χ1) is 11.0. The molecule has 1 saturated heterocycles. The summed E-state index contributed by atoms with van der Waals surface area (Å²) in [4.78, 5) is 26.5. The Labute approximate surface area is 138 Å². The van der Waals surface area contributed by atoms with Gasteiger partial charge in [0.1, 0.15) is 0 Å². The maximum absolute atomic E-state index is 12.5. The summed E-state index contributed by atoms with van der Waals surface area (Å²) in [6, 6.07) is 8.06. The molecule has 1 aromatic carbocycles. The number of ether oxygens (including phenoxy) is 1. The summed E-state index contributed by atoms with van der Waals surface area (Å²) in [5.41, 5.74) is 2.22. The first kappa shape index (κ1) is 17.5. The van der Waals surface area contributed by atoms with Crippen LogP contribution in [0.3, 0.4) is 0 Å². The van der Waals surface area contributed by atoms with Crippen LogP contribution in [0.5, 0.6) is 0 Å². The van der Waals surface area contributed by atoms with Crippen LogP contribution in [-0.2, 0) is 20.7 Å². The molecule has 1 aliphatic rings. The van der Waals surface area contributed by atoms with E-state index in [1.54, 1.807) is 0 Å². The lowest BCUT2D eigenvalue weighted by molar-refractivity contribution is -0.149. The van der Waals surface area contributed by atoms with E-state index in [2.05, 4.69) is 13.0 Å². The zero-order valence-corrected chi connectivity index (χ0v) is 14.4. The number of aryl methyl sites for hydroxylation is 1. The zero-order chi connectivity index (χ0) is 16.8. The minimum atomic E-state index is -0.409. The summed E-state index contributed by atoms with van der Waals surface area (Å²) in [6.07, 6.45) is 2.87. The van der Waals surface area contributed by atoms with Gasteiger partial charge in [0.15, 0.2) is 0 Å². The quantitative estimate of drug-likeness (QED) is 0.784. The highest BCUT2D eigenvalue weighted by molar-refractivity contribution is 5.83. The molecule has 1 atom stereocenters. The summed E-state index contributed by atoms with van der Waals surface area (Å²) in [7, 11) is 1.39. The first-order valence-corrected chi connectivity index (χ1v) is 8.40. The number of carbonyl (C=O) groups excluding carboxylic acids is 2. The second-order valence-corrected chi connectivity index (χ2v) is 6.68. The number of esters is 1. The van der Waals surface area contributed by atoms with E-state index < -0.39 is 5.92 Å². The van der Waals surface area contributed by atoms with Crippen molar-refractivity contribution in [3.63, 3.8) is 0 Å². The van der Waals surface area contributed by atoms with Crippen molar-refractivity contribution >= 4 is 11.9 Å². The molecule has 1 amide bonds. The van der Waals surface area contributed by atoms with E-state index in [0.29, 0.717) is 12.3 Å². The van der Waals surface area contributed by atoms with Crippen LogP contribution in [0.15, 0.2) is 24.3 Å². The Morgan fingerprint density at radius 1 is 1.30 bits per heavy atom. The third kappa shape index (κ3) is 5.08. The molecule has 1 aromatic rings. The minimum Gasteiger partial charge on any atom is -0.469 e. The summed E-state index contributed by atoms with van der Waals surface area (Å²) in [5.74, 6) is 0.0431. The third-order valence-electron chi connectivity index (χ3n) is 4.66. The lowest BCUT2D eigenvalue weighted by Gasteiger charge is -2.31. The van der Waals surface area contributed by atoms with Gasteiger partial charge in [-0.25, -0.2) is 0 Å². The molecule has 23 heavy (non-hydrogen) atoms. The van der Waals surface area contributed by atoms with Crippen LogP contribution in [0.1, 0.15) is 37.3 Å². The Kier molecular flexibility index (Phi) is 6.20. The largest absolute Gasteiger partial charge is 0.469 e. The topological polar surface area (TPSA) is 46.6 Å². The monoisotopic (exact) mass is 317 g/mol. The van der Waals surface area contributed by atoms with Crippen LogP contribution < -0.4 is 0 Å². The van der Waals surface area contributed by atoms with Crippen molar-refractivity contribution in [1.29, 1.82) is 0 Å². The van der Waals surface area contributed by atoms with Crippen molar-refractivity contribution in [2.45, 2.75) is 39.5 Å². The third-order valence-corrected chi connectivity index (χ3v) is 4.66. The molecule has 0 radical (unpaired) electrons. The average Bonchev–Trinajstić information content (AvgIpc) is 2.54. The average molecular weight is 317 g/mol. The van der Waals surface area contributed by atoms with Gasteiger partial charge in [-0.3, -0.25) is 9.59 Å². The summed E-state index contributed by atoms with van der Waals surface area (Å²) < 4.78 is 4.91. The van der Waals surface area contributed by atoms with Gasteiger partial charge in [0.05, 0.1) is 13.0 Å². The maximum atomic E-state index is 12.5. The molecule has 1 heterocycles. The Hall–Kier alpha value is -1.84. The summed E-state index contributed by atoms with van der Waals surface area (Å²) >= 11 is 0. The van der Waals surface area contributed by atoms with E-state index in [0.717, 1.165) is 37.1 Å². The number of rotatable bonds is 5. The fraction of sp³-hybridized carbons (Fsp3) is 0.579. The van der Waals surface area contributed by atoms with Crippen LogP contribution in [0.4, 0.5) is 0 Å². The highest BCUT2D eigenvalue weighted by Gasteiger charge is 2.27. The number of amides is 1. The van der Waals surface area contributed by atoms with Gasteiger partial charge in [0.2, 0.25) is 5.91 Å². The van der Waals surface area contributed by atoms with Gasteiger partial charge in [-0.15, -0.1) is 0 Å². The van der Waals surface area contributed by atoms with E-state index in [9.17, 15) is 9.59 Å². The molecule has 2 rings (SSSR count). The van der Waals surface area contributed by atoms with Gasteiger partial charge in [-0.05, 0) is 37.7 Å². The zero-order valence-electron chi connectivity index (χ0n) is 14.4. The lowest BCUT2D eigenvalue weighted by atomic mass is 9.93. The van der Waals surface area contributed by atoms with E-state index in [-0.39, 0.29) is 18.3 Å². The van der Waals surface area contributed by atoms with Gasteiger partial charge in [-0.1, -0.05) is 36.8 Å². The Morgan fingerprint density at radius 2 is 2.00 bits per heavy atom. The van der Waals surface area contributed by atoms with Gasteiger partial charge in [-0.2, -0.15) is 0 Å². The molecular formula is C19H27NO3. The number of likely N-dealkylation sites (tertiary alicyclic amines) is 1. The molecule has 0 N–H and O–H groups in total. The van der Waals surface area contributed by atoms with Crippen LogP contribution in [0.2, 0.25) is 0 Å². The van der Waals surface area contributed by atoms with Gasteiger partial charge < -0.3 is 9.64 Å². The number of hydrogen-bond acceptors (Lipinski definition) is 3. The number of carbonyl (C=O) groups is 2. The molecule has 1 unspecified atom stereocenters. The number of piperidine rings is 1. The van der Waals surface area contributed by atoms with Gasteiger partial charge in [0, 0.05) is 19.5 Å². The molecule has 126 valence electrons. The molecular weight excluding hydrogens is 290 g/mol. The minimum absolute atomic E-state index is 0.0694. The van der Waals surface area contributed by atoms with Crippen molar-refractivity contribution in [3.8, 4) is 0 Å². The standard InChI is InChI=1S/C19H27NO3/c1-14-7-9-20(10-8-14)18(21)13-17(19(22)23-3)12-16-6-4-5-15(2)11-16/h4-6,11,14,17H,7-10,12-13H2,1-3H3. The van der Waals surface area contributed by atoms with E-state index in [1.807, 2.05) is 30.0 Å². The van der Waals surface area contributed by atoms with Crippen LogP contribution >= 0.6 is 0 Å². The second kappa shape index (κ2) is 8.14. The highest BCUT2D eigenvalue weighted by atomic mass is 16.5. The molecule has 1 fully saturated rings. The second-order valence-electron chi connectivity index (χ2n) is 6.68. The molecule has 4 heteroatoms. The van der Waals surface area contributed by atoms with Gasteiger partial charge in [0.25, 0.3) is 0 Å². The summed E-state index contributed by atoms with van der Waals surface area (Å²) in [6.45, 7) is 5.85. The number of methoxy groups -OCH3 is 1. The molecule has 4 nitrogen and oxygen atoms in total. The predicted molar refractivity (Wildman–Crippen MR) is 90.0 cm³/mol. The fourth-order valence-corrected chi connectivity index (χ4v) is 3.13. The van der Waals surface area contributed by atoms with E-state index >= 15 is 0 Å². The number of benzene rings is 1. The highest BCUT2D eigenvalue weighted by Crippen LogP contribution is 2.20. The Morgan fingerprint density at radius 3 is 2.61 bits per heavy atom. The van der Waals surface area contributed by atoms with Crippen molar-refractivity contribution < 1.29 is 14.3 Å². The SMILES string of the molecule is COC(=O)C(CC(=O)N1CCC(C)CC1)Cc1cccc(C)c1. The lowest BCUT2D eigenvalue weighted by Crippen LogP contribution is -2.39. The summed E-state index contributed by atoms with van der Waals surface area (Å²) in [5, 5.41) is 0. The first-order valence-electron chi connectivity index (χ1n) is 8.40. The molecule has 0 aliphatic carbocycles. The maximum Gasteiger partial charge on any atom is 0.309 e. The predicted octanol–water partition coefficient (Wildman–Crippen LogP) is 2.98. The number of hydrogen-bond donors (Lipinski definition) is 0. The normalized spacial score (nSPS) is 16.9. The van der Waals surface area contributed by atoms with Gasteiger partial charge >= 0.3 is 5.97 Å². The van der Waals surface area contributed by atoms with E-state index in [1.165, 1.54) is 7.11 Å². The molecule has 0 spiro atoms. The van der Waals surface area contributed by atoms with Crippen molar-refractivity contribution in [2.24, 2.45) is 11.8 Å². The molecule has 0 bridgehead atoms. The molecule has 1 aliphatic heterocycles. The van der Waals surface area contributed by atoms with Crippen molar-refractivity contribution in [1.82, 2.24) is 4.90 Å². The van der Waals surface area contributed by atoms with Crippen LogP contribution in [0, 0.1) is 18.8 Å². The molecule has 0 saturated carbocycles.